The average molecular weight is 436 g/mol. The molecule has 1 rings (SSSR count). The molecule has 6 nitrogen and oxygen atoms in total. The number of aromatic hydroxyl groups is 1. The molecule has 1 atom stereocenters. The van der Waals surface area contributed by atoms with Crippen molar-refractivity contribution in [3.63, 3.8) is 0 Å². The van der Waals surface area contributed by atoms with Crippen molar-refractivity contribution >= 4 is 41.3 Å². The maximum atomic E-state index is 12.9. The molecule has 0 aliphatic rings. The molecule has 1 aromatic carbocycles. The Balaban J connectivity index is 3.49. The Labute approximate surface area is 167 Å². The minimum absolute atomic E-state index is 0.0124. The number of hydrogen-bond acceptors (Lipinski definition) is 5. The van der Waals surface area contributed by atoms with Gasteiger partial charge in [-0.2, -0.15) is 0 Å². The number of carbonyl (C=O) groups is 2. The van der Waals surface area contributed by atoms with Crippen molar-refractivity contribution in [2.45, 2.75) is 27.7 Å². The molecule has 1 unspecified atom stereocenters. The molecule has 0 fully saturated rings. The Morgan fingerprint density at radius 3 is 2.30 bits per heavy atom. The van der Waals surface area contributed by atoms with Crippen molar-refractivity contribution < 1.29 is 29.3 Å². The molecule has 0 bridgehead atoms. The first-order chi connectivity index (χ1) is 12.6. The summed E-state index contributed by atoms with van der Waals surface area (Å²) >= 11 is 3.12. The fraction of sp³-hybridized carbons (Fsp3) is 0.316. The number of carbonyl (C=O) groups excluding carboxylic acids is 1. The van der Waals surface area contributed by atoms with E-state index in [0.717, 1.165) is 0 Å². The van der Waals surface area contributed by atoms with Crippen LogP contribution in [0.25, 0.3) is 0 Å². The van der Waals surface area contributed by atoms with Gasteiger partial charge < -0.3 is 0 Å². The van der Waals surface area contributed by atoms with E-state index >= 15 is 0 Å². The summed E-state index contributed by atoms with van der Waals surface area (Å²) < 4.78 is 10.8. The van der Waals surface area contributed by atoms with E-state index in [1.54, 1.807) is 26.8 Å². The molecule has 0 aliphatic heterocycles. The summed E-state index contributed by atoms with van der Waals surface area (Å²) in [4.78, 5) is 24.3. The van der Waals surface area contributed by atoms with E-state index in [1.807, 2.05) is 0 Å². The van der Waals surface area contributed by atoms with Crippen LogP contribution in [0, 0.1) is 19.8 Å². The van der Waals surface area contributed by atoms with Crippen molar-refractivity contribution in [2.75, 3.05) is 7.11 Å². The van der Waals surface area contributed by atoms with E-state index < -0.39 is 23.6 Å². The van der Waals surface area contributed by atoms with Gasteiger partial charge in [0.2, 0.25) is 0 Å². The molecule has 1 aromatic rings. The fourth-order valence-electron chi connectivity index (χ4n) is 2.53. The number of benzene rings is 1. The van der Waals surface area contributed by atoms with Crippen molar-refractivity contribution in [3.05, 3.63) is 44.6 Å². The summed E-state index contributed by atoms with van der Waals surface area (Å²) in [7, 11) is 6.83. The third-order valence-corrected chi connectivity index (χ3v) is 5.00. The number of phenols is 1. The van der Waals surface area contributed by atoms with Gasteiger partial charge in [0.05, 0.1) is 0 Å². The summed E-state index contributed by atoms with van der Waals surface area (Å²) in [6, 6.07) is 0. The van der Waals surface area contributed by atoms with Crippen LogP contribution in [0.2, 0.25) is 0 Å². The molecule has 8 heteroatoms. The number of allylic oxidation sites excluding steroid dienone is 2. The van der Waals surface area contributed by atoms with Crippen LogP contribution >= 0.6 is 15.9 Å². The average Bonchev–Trinajstić information content (AvgIpc) is 2.62. The molecule has 27 heavy (non-hydrogen) atoms. The van der Waals surface area contributed by atoms with Crippen molar-refractivity contribution in [3.8, 4) is 11.5 Å². The van der Waals surface area contributed by atoms with Gasteiger partial charge in [0.1, 0.15) is 0 Å². The van der Waals surface area contributed by atoms with Crippen LogP contribution in [0.1, 0.15) is 35.3 Å². The molecule has 143 valence electrons. The van der Waals surface area contributed by atoms with E-state index in [2.05, 4.69) is 15.9 Å². The number of carboxylic acid groups (broad SMARTS) is 1. The number of aromatic carboxylic acids is 1. The zero-order valence-electron chi connectivity index (χ0n) is 15.8. The molecule has 0 saturated heterocycles. The van der Waals surface area contributed by atoms with Gasteiger partial charge in [-0.15, -0.1) is 0 Å². The van der Waals surface area contributed by atoms with Crippen LogP contribution in [0.15, 0.2) is 28.0 Å². The molecule has 2 N–H and O–H groups in total. The van der Waals surface area contributed by atoms with Gasteiger partial charge >= 0.3 is 167 Å². The second kappa shape index (κ2) is 9.55. The molecule has 0 aromatic heterocycles. The third-order valence-electron chi connectivity index (χ3n) is 4.27. The third kappa shape index (κ3) is 4.69. The zero-order chi connectivity index (χ0) is 20.9. The first kappa shape index (κ1) is 22.7. The standard InChI is InChI=1S/C19H21BBrO6/c1-6-9(2)13(12(26-5)7-8-20)19(25)27-17-11(4)10(3)14(18(23)24)16(22)15(17)21/h6-8,13,22H,1-5H3,(H,23,24)/b9-6-,12-7+. The van der Waals surface area contributed by atoms with E-state index in [1.165, 1.54) is 26.1 Å². The first-order valence-corrected chi connectivity index (χ1v) is 8.80. The van der Waals surface area contributed by atoms with Crippen molar-refractivity contribution in [1.82, 2.24) is 0 Å². The van der Waals surface area contributed by atoms with Crippen LogP contribution in [0.4, 0.5) is 0 Å². The molecular formula is C19H21BBrO6. The van der Waals surface area contributed by atoms with Gasteiger partial charge in [0.15, 0.2) is 0 Å². The monoisotopic (exact) mass is 435 g/mol. The van der Waals surface area contributed by atoms with Crippen LogP contribution < -0.4 is 4.74 Å². The Hall–Kier alpha value is -2.35. The van der Waals surface area contributed by atoms with Crippen LogP contribution in [-0.4, -0.2) is 42.7 Å². The number of ether oxygens (including phenoxy) is 2. The summed E-state index contributed by atoms with van der Waals surface area (Å²) in [5.74, 6) is -1.72. The van der Waals surface area contributed by atoms with Crippen molar-refractivity contribution in [1.29, 1.82) is 0 Å². The van der Waals surface area contributed by atoms with E-state index in [9.17, 15) is 19.8 Å². The van der Waals surface area contributed by atoms with Gasteiger partial charge in [-0.05, 0) is 0 Å². The van der Waals surface area contributed by atoms with Gasteiger partial charge in [-0.25, -0.2) is 0 Å². The number of esters is 1. The van der Waals surface area contributed by atoms with Crippen LogP contribution in [0.5, 0.6) is 11.5 Å². The number of methoxy groups -OCH3 is 1. The molecule has 0 saturated carbocycles. The number of halogens is 1. The van der Waals surface area contributed by atoms with E-state index in [-0.39, 0.29) is 21.5 Å². The maximum absolute atomic E-state index is 12.9. The number of carboxylic acids is 1. The Bertz CT molecular complexity index is 812. The van der Waals surface area contributed by atoms with Crippen molar-refractivity contribution in [2.24, 2.45) is 5.92 Å². The molecular weight excluding hydrogens is 415 g/mol. The predicted octanol–water partition coefficient (Wildman–Crippen LogP) is 3.46. The molecule has 0 heterocycles. The topological polar surface area (TPSA) is 93.1 Å². The molecule has 1 radical (unpaired) electrons. The van der Waals surface area contributed by atoms with E-state index in [4.69, 9.17) is 17.0 Å². The summed E-state index contributed by atoms with van der Waals surface area (Å²) in [5, 5.41) is 19.5. The SMILES string of the molecule is [B]=C/C=C(/OC)C(C(=O)Oc1c(C)c(C)c(C(=O)O)c(O)c1Br)/C(C)=C\C. The zero-order valence-corrected chi connectivity index (χ0v) is 17.4. The Morgan fingerprint density at radius 1 is 1.26 bits per heavy atom. The predicted molar refractivity (Wildman–Crippen MR) is 108 cm³/mol. The minimum atomic E-state index is -1.28. The summed E-state index contributed by atoms with van der Waals surface area (Å²) in [5.41, 5.74) is 1.13. The molecule has 0 amide bonds. The van der Waals surface area contributed by atoms with Gasteiger partial charge in [0, 0.05) is 0 Å². The second-order valence-electron chi connectivity index (χ2n) is 5.77. The normalized spacial score (nSPS) is 13.1. The Morgan fingerprint density at radius 2 is 1.85 bits per heavy atom. The van der Waals surface area contributed by atoms with Gasteiger partial charge in [0.25, 0.3) is 0 Å². The second-order valence-corrected chi connectivity index (χ2v) is 6.57. The van der Waals surface area contributed by atoms with E-state index in [0.29, 0.717) is 16.7 Å². The van der Waals surface area contributed by atoms with Gasteiger partial charge in [-0.1, -0.05) is 0 Å². The number of rotatable bonds is 7. The summed E-state index contributed by atoms with van der Waals surface area (Å²) in [6.07, 6.45) is 3.20. The Kier molecular flexibility index (Phi) is 8.03. The number of hydrogen-bond donors (Lipinski definition) is 2. The summed E-state index contributed by atoms with van der Waals surface area (Å²) in [6.45, 7) is 6.65. The van der Waals surface area contributed by atoms with Gasteiger partial charge in [-0.3, -0.25) is 0 Å². The molecule has 0 spiro atoms. The van der Waals surface area contributed by atoms with Crippen LogP contribution in [-0.2, 0) is 9.53 Å². The quantitative estimate of drug-likeness (QED) is 0.224. The van der Waals surface area contributed by atoms with Crippen LogP contribution in [0.3, 0.4) is 0 Å². The fourth-order valence-corrected chi connectivity index (χ4v) is 3.11. The first-order valence-electron chi connectivity index (χ1n) is 8.00. The molecule has 0 aliphatic carbocycles.